The Morgan fingerprint density at radius 2 is 1.86 bits per heavy atom. The zero-order valence-electron chi connectivity index (χ0n) is 15.8. The summed E-state index contributed by atoms with van der Waals surface area (Å²) in [6, 6.07) is 1.96. The molecule has 0 aliphatic carbocycles. The third-order valence-corrected chi connectivity index (χ3v) is 9.21. The summed E-state index contributed by atoms with van der Waals surface area (Å²) >= 11 is 1.61. The second-order valence-electron chi connectivity index (χ2n) is 7.57. The molecule has 0 radical (unpaired) electrons. The molecule has 4 rings (SSSR count). The molecule has 158 valence electrons. The fourth-order valence-electron chi connectivity index (χ4n) is 4.15. The number of hydrogen-bond acceptors (Lipinski definition) is 5. The predicted molar refractivity (Wildman–Crippen MR) is 102 cm³/mol. The molecular weight excluding hydrogens is 424 g/mol. The lowest BCUT2D eigenvalue weighted by Gasteiger charge is -2.37. The molecule has 0 aromatic heterocycles. The van der Waals surface area contributed by atoms with E-state index in [1.807, 2.05) is 6.92 Å². The first-order valence-electron chi connectivity index (χ1n) is 9.34. The summed E-state index contributed by atoms with van der Waals surface area (Å²) in [7, 11) is -3.98. The molecule has 2 atom stereocenters. The number of amides is 2. The quantitative estimate of drug-likeness (QED) is 0.700. The summed E-state index contributed by atoms with van der Waals surface area (Å²) in [5.41, 5.74) is 0. The highest BCUT2D eigenvalue weighted by molar-refractivity contribution is 8.01. The van der Waals surface area contributed by atoms with Crippen molar-refractivity contribution in [1.29, 1.82) is 0 Å². The molecular formula is C18H21F2N3O4S2. The van der Waals surface area contributed by atoms with Crippen molar-refractivity contribution in [3.8, 4) is 0 Å². The van der Waals surface area contributed by atoms with Crippen molar-refractivity contribution in [2.75, 3.05) is 31.9 Å². The van der Waals surface area contributed by atoms with Gasteiger partial charge in [0.25, 0.3) is 0 Å². The number of sulfonamides is 1. The molecule has 0 saturated carbocycles. The fourth-order valence-corrected chi connectivity index (χ4v) is 7.01. The van der Waals surface area contributed by atoms with Crippen LogP contribution in [-0.4, -0.2) is 77.2 Å². The highest BCUT2D eigenvalue weighted by Crippen LogP contribution is 2.47. The number of rotatable bonds is 3. The highest BCUT2D eigenvalue weighted by atomic mass is 32.2. The smallest absolute Gasteiger partial charge is 0.246 e. The van der Waals surface area contributed by atoms with Crippen LogP contribution in [0.3, 0.4) is 0 Å². The van der Waals surface area contributed by atoms with Crippen LogP contribution in [0.15, 0.2) is 23.1 Å². The van der Waals surface area contributed by atoms with E-state index in [-0.39, 0.29) is 47.8 Å². The Morgan fingerprint density at radius 3 is 2.52 bits per heavy atom. The summed E-state index contributed by atoms with van der Waals surface area (Å²) in [5.74, 6) is -1.99. The number of fused-ring (bicyclic) bond motifs is 1. The molecule has 3 heterocycles. The van der Waals surface area contributed by atoms with E-state index < -0.39 is 27.7 Å². The minimum Gasteiger partial charge on any atom is -0.338 e. The normalized spacial score (nSPS) is 28.1. The van der Waals surface area contributed by atoms with Crippen LogP contribution in [0, 0.1) is 11.6 Å². The van der Waals surface area contributed by atoms with Crippen molar-refractivity contribution in [2.45, 2.75) is 35.6 Å². The predicted octanol–water partition coefficient (Wildman–Crippen LogP) is 1.25. The Morgan fingerprint density at radius 1 is 1.17 bits per heavy atom. The second-order valence-corrected chi connectivity index (χ2v) is 11.0. The van der Waals surface area contributed by atoms with Gasteiger partial charge >= 0.3 is 0 Å². The van der Waals surface area contributed by atoms with Crippen molar-refractivity contribution in [2.24, 2.45) is 0 Å². The van der Waals surface area contributed by atoms with Gasteiger partial charge in [-0.15, -0.1) is 11.8 Å². The number of carbonyl (C=O) groups excluding carboxylic acids is 2. The monoisotopic (exact) mass is 445 g/mol. The minimum atomic E-state index is -3.98. The van der Waals surface area contributed by atoms with Gasteiger partial charge in [0.2, 0.25) is 21.8 Å². The van der Waals surface area contributed by atoms with Gasteiger partial charge in [0.1, 0.15) is 6.04 Å². The molecule has 3 aliphatic heterocycles. The molecule has 29 heavy (non-hydrogen) atoms. The third kappa shape index (κ3) is 3.42. The van der Waals surface area contributed by atoms with Gasteiger partial charge in [0, 0.05) is 38.4 Å². The van der Waals surface area contributed by atoms with Gasteiger partial charge in [-0.3, -0.25) is 9.59 Å². The standard InChI is InChI=1S/C18H21F2N3O4S2/c1-18-5-4-16(24)23(18)15(11-28-18)17(25)21-6-8-22(9-7-21)29(26,27)12-2-3-13(19)14(20)10-12/h2-3,10,15H,4-9,11H2,1H3/t15-,18+/m0/s1. The molecule has 1 aromatic rings. The number of piperazine rings is 1. The number of nitrogens with zero attached hydrogens (tertiary/aromatic N) is 3. The number of hydrogen-bond donors (Lipinski definition) is 0. The molecule has 0 spiro atoms. The van der Waals surface area contributed by atoms with Gasteiger partial charge in [-0.05, 0) is 31.5 Å². The minimum absolute atomic E-state index is 0.0181. The lowest BCUT2D eigenvalue weighted by molar-refractivity contribution is -0.144. The van der Waals surface area contributed by atoms with Crippen LogP contribution in [0.2, 0.25) is 0 Å². The van der Waals surface area contributed by atoms with Crippen molar-refractivity contribution in [3.05, 3.63) is 29.8 Å². The molecule has 0 unspecified atom stereocenters. The number of thioether (sulfide) groups is 1. The first kappa shape index (κ1) is 20.5. The zero-order valence-corrected chi connectivity index (χ0v) is 17.4. The van der Waals surface area contributed by atoms with E-state index in [4.69, 9.17) is 0 Å². The Balaban J connectivity index is 1.43. The van der Waals surface area contributed by atoms with E-state index in [1.165, 1.54) is 0 Å². The summed E-state index contributed by atoms with van der Waals surface area (Å²) in [5, 5.41) is 0. The molecule has 3 aliphatic rings. The number of carbonyl (C=O) groups is 2. The summed E-state index contributed by atoms with van der Waals surface area (Å²) in [6.07, 6.45) is 1.16. The Bertz CT molecular complexity index is 966. The molecule has 2 amide bonds. The lowest BCUT2D eigenvalue weighted by atomic mass is 10.2. The summed E-state index contributed by atoms with van der Waals surface area (Å²) in [6.45, 7) is 2.45. The largest absolute Gasteiger partial charge is 0.338 e. The van der Waals surface area contributed by atoms with Crippen LogP contribution in [-0.2, 0) is 19.6 Å². The SMILES string of the molecule is C[C@@]12CCC(=O)N1[C@H](C(=O)N1CCN(S(=O)(=O)c3ccc(F)c(F)c3)CC1)CS2. The first-order valence-corrected chi connectivity index (χ1v) is 11.8. The van der Waals surface area contributed by atoms with Crippen molar-refractivity contribution in [1.82, 2.24) is 14.1 Å². The van der Waals surface area contributed by atoms with Gasteiger partial charge < -0.3 is 9.80 Å². The average Bonchev–Trinajstić information content (AvgIpc) is 3.19. The molecule has 3 saturated heterocycles. The molecule has 0 bridgehead atoms. The Hall–Kier alpha value is -1.72. The van der Waals surface area contributed by atoms with E-state index in [0.29, 0.717) is 18.2 Å². The summed E-state index contributed by atoms with van der Waals surface area (Å²) in [4.78, 5) is 27.9. The summed E-state index contributed by atoms with van der Waals surface area (Å²) < 4.78 is 53.1. The lowest BCUT2D eigenvalue weighted by Crippen LogP contribution is -2.56. The van der Waals surface area contributed by atoms with Crippen LogP contribution in [0.5, 0.6) is 0 Å². The Kier molecular flexibility index (Phi) is 5.11. The maximum Gasteiger partial charge on any atom is 0.246 e. The first-order chi connectivity index (χ1) is 13.6. The van der Waals surface area contributed by atoms with Crippen molar-refractivity contribution in [3.63, 3.8) is 0 Å². The van der Waals surface area contributed by atoms with Crippen LogP contribution in [0.1, 0.15) is 19.8 Å². The van der Waals surface area contributed by atoms with Crippen molar-refractivity contribution < 1.29 is 26.8 Å². The maximum atomic E-state index is 13.4. The van der Waals surface area contributed by atoms with Gasteiger partial charge in [0.15, 0.2) is 11.6 Å². The number of benzene rings is 1. The van der Waals surface area contributed by atoms with E-state index in [1.54, 1.807) is 21.6 Å². The van der Waals surface area contributed by atoms with Crippen molar-refractivity contribution >= 4 is 33.6 Å². The molecule has 11 heteroatoms. The molecule has 1 aromatic carbocycles. The molecule has 7 nitrogen and oxygen atoms in total. The van der Waals surface area contributed by atoms with Gasteiger partial charge in [0.05, 0.1) is 9.77 Å². The Labute approximate surface area is 172 Å². The topological polar surface area (TPSA) is 78.0 Å². The van der Waals surface area contributed by atoms with Crippen LogP contribution >= 0.6 is 11.8 Å². The second kappa shape index (κ2) is 7.21. The van der Waals surface area contributed by atoms with Gasteiger partial charge in [-0.1, -0.05) is 0 Å². The maximum absolute atomic E-state index is 13.4. The van der Waals surface area contributed by atoms with Gasteiger partial charge in [-0.25, -0.2) is 17.2 Å². The van der Waals surface area contributed by atoms with Gasteiger partial charge in [-0.2, -0.15) is 4.31 Å². The van der Waals surface area contributed by atoms with Crippen LogP contribution < -0.4 is 0 Å². The average molecular weight is 446 g/mol. The zero-order chi connectivity index (χ0) is 21.0. The van der Waals surface area contributed by atoms with E-state index in [0.717, 1.165) is 22.9 Å². The third-order valence-electron chi connectivity index (χ3n) is 5.81. The van der Waals surface area contributed by atoms with E-state index in [2.05, 4.69) is 0 Å². The van der Waals surface area contributed by atoms with E-state index >= 15 is 0 Å². The fraction of sp³-hybridized carbons (Fsp3) is 0.556. The van der Waals surface area contributed by atoms with Crippen LogP contribution in [0.25, 0.3) is 0 Å². The number of halogens is 2. The molecule has 3 fully saturated rings. The molecule has 0 N–H and O–H groups in total. The van der Waals surface area contributed by atoms with E-state index in [9.17, 15) is 26.8 Å². The highest BCUT2D eigenvalue weighted by Gasteiger charge is 2.53. The van der Waals surface area contributed by atoms with Crippen LogP contribution in [0.4, 0.5) is 8.78 Å².